The molecular weight excluding hydrogens is 1860 g/mol. The molecule has 4 aromatic carbocycles. The minimum absolute atomic E-state index is 0.00673. The number of aliphatic carboxylic acids is 2. The molecule has 0 bridgehead atoms. The highest BCUT2D eigenvalue weighted by molar-refractivity contribution is 6.09. The van der Waals surface area contributed by atoms with Crippen molar-refractivity contribution < 1.29 is 114 Å². The molecule has 0 unspecified atom stereocenters. The Labute approximate surface area is 805 Å². The second kappa shape index (κ2) is 59.6. The molecule has 1 heterocycles. The molecule has 6 rings (SSSR count). The van der Waals surface area contributed by atoms with Crippen LogP contribution in [-0.4, -0.2) is 262 Å². The van der Waals surface area contributed by atoms with Crippen molar-refractivity contribution in [1.29, 1.82) is 27.0 Å². The third-order valence-electron chi connectivity index (χ3n) is 22.1. The van der Waals surface area contributed by atoms with Crippen LogP contribution in [0.3, 0.4) is 0 Å². The third kappa shape index (κ3) is 40.6. The van der Waals surface area contributed by atoms with E-state index >= 15 is 36.7 Å². The maximum atomic E-state index is 16.0. The lowest BCUT2D eigenvalue weighted by atomic mass is 9.84. The number of benzene rings is 4. The number of aliphatic hydroxyl groups is 2. The summed E-state index contributed by atoms with van der Waals surface area (Å²) >= 11 is 0. The van der Waals surface area contributed by atoms with Gasteiger partial charge in [-0.25, -0.2) is 26.7 Å². The average molecular weight is 1990 g/mol. The van der Waals surface area contributed by atoms with Crippen LogP contribution in [0.2, 0.25) is 0 Å². The first kappa shape index (κ1) is 116. The van der Waals surface area contributed by atoms with Gasteiger partial charge in [-0.3, -0.25) is 94.2 Å². The molecular formula is C88H126F5N29O19. The van der Waals surface area contributed by atoms with Crippen molar-refractivity contribution in [3.05, 3.63) is 142 Å². The monoisotopic (exact) mass is 1990 g/mol. The number of primary amides is 1. The van der Waals surface area contributed by atoms with Gasteiger partial charge in [-0.15, -0.1) is 0 Å². The highest BCUT2D eigenvalue weighted by Crippen LogP contribution is 2.29. The smallest absolute Gasteiger partial charge is 0.326 e. The van der Waals surface area contributed by atoms with Crippen LogP contribution >= 0.6 is 0 Å². The number of carboxylic acid groups (broad SMARTS) is 2. The topological polar surface area (TPSA) is 847 Å². The molecule has 53 heteroatoms. The van der Waals surface area contributed by atoms with Crippen LogP contribution in [0.25, 0.3) is 10.9 Å². The zero-order valence-corrected chi connectivity index (χ0v) is 77.2. The van der Waals surface area contributed by atoms with Gasteiger partial charge >= 0.3 is 5.97 Å². The Kier molecular flexibility index (Phi) is 49.1. The number of hydrogen-bond donors (Lipinski definition) is 33. The number of halogens is 5. The lowest BCUT2D eigenvalue weighted by Crippen LogP contribution is -2.62. The van der Waals surface area contributed by atoms with Crippen molar-refractivity contribution in [2.75, 3.05) is 45.9 Å². The minimum Gasteiger partial charge on any atom is -0.481 e. The molecule has 1 aliphatic rings. The number of ketones is 1. The van der Waals surface area contributed by atoms with E-state index in [1.807, 2.05) is 0 Å². The SMILES string of the molecule is CC(=O)O.N=C(N)NCCC[C@@H](NC(=O)[C@@H](CCCNC(=N)N)NC(=O)[C@@H](CCC(N)=O)NC(=O)[C@@H](CCCNC(=N)N)NC(=O)[C@@H](CCCNC(=N)N)NC(=O)[C@@H](CCCNC(=N)N)NC(=O)[C@@H](CC1CCCCC1)NC(=O)[C@@H](Cc1c(F)c(F)c(F)c(F)c1F)NC(=O)[C@@H](CO)NC(=O)[C@@H](Cc1c[nH]c2ccccc12)NC(=O)[C@@H](CO)NC(=O)[C@H](N)Cc1ccc(C(=O)c2ccccc2)cc1)C(=O)O. The Balaban J connectivity index is 0.00000858. The lowest BCUT2D eigenvalue weighted by Gasteiger charge is -2.30. The van der Waals surface area contributed by atoms with Crippen molar-refractivity contribution in [2.24, 2.45) is 46.1 Å². The molecule has 48 nitrogen and oxygen atoms in total. The number of fused-ring (bicyclic) bond motifs is 1. The van der Waals surface area contributed by atoms with Crippen LogP contribution in [0.1, 0.15) is 155 Å². The molecule has 1 fully saturated rings. The van der Waals surface area contributed by atoms with Crippen LogP contribution in [0, 0.1) is 62.1 Å². The number of nitrogens with two attached hydrogens (primary N) is 7. The number of rotatable bonds is 58. The summed E-state index contributed by atoms with van der Waals surface area (Å²) in [6.45, 7) is -1.93. The van der Waals surface area contributed by atoms with Gasteiger partial charge in [0.05, 0.1) is 19.3 Å². The first-order chi connectivity index (χ1) is 66.8. The summed E-state index contributed by atoms with van der Waals surface area (Å²) in [4.78, 5) is 211. The Morgan fingerprint density at radius 1 is 0.383 bits per heavy atom. The van der Waals surface area contributed by atoms with E-state index in [0.717, 1.165) is 6.92 Å². The van der Waals surface area contributed by atoms with E-state index in [1.165, 1.54) is 18.3 Å². The average Bonchev–Trinajstić information content (AvgIpc) is 1.27. The van der Waals surface area contributed by atoms with E-state index in [9.17, 15) is 67.7 Å². The van der Waals surface area contributed by atoms with E-state index in [2.05, 4.69) is 90.1 Å². The summed E-state index contributed by atoms with van der Waals surface area (Å²) in [5, 5.41) is 117. The molecule has 12 atom stereocenters. The summed E-state index contributed by atoms with van der Waals surface area (Å²) < 4.78 is 77.2. The highest BCUT2D eigenvalue weighted by atomic mass is 19.2. The lowest BCUT2D eigenvalue weighted by molar-refractivity contribution is -0.142. The van der Waals surface area contributed by atoms with Crippen LogP contribution in [0.5, 0.6) is 0 Å². The summed E-state index contributed by atoms with van der Waals surface area (Å²) in [6, 6.07) is -1.00. The number of aromatic amines is 1. The predicted molar refractivity (Wildman–Crippen MR) is 502 cm³/mol. The fourth-order valence-corrected chi connectivity index (χ4v) is 14.8. The fraction of sp³-hybridized carbons (Fsp3) is 0.477. The zero-order valence-electron chi connectivity index (χ0n) is 77.2. The van der Waals surface area contributed by atoms with Crippen molar-refractivity contribution >= 4 is 129 Å². The number of amides is 12. The zero-order chi connectivity index (χ0) is 105. The maximum absolute atomic E-state index is 16.0. The quantitative estimate of drug-likeness (QED) is 0.00332. The van der Waals surface area contributed by atoms with Crippen LogP contribution in [-0.2, 0) is 86.4 Å². The molecule has 5 aromatic rings. The summed E-state index contributed by atoms with van der Waals surface area (Å²) in [6.07, 6.45) is -1.76. The van der Waals surface area contributed by atoms with Gasteiger partial charge in [-0.05, 0) is 107 Å². The van der Waals surface area contributed by atoms with Crippen molar-refractivity contribution in [3.63, 3.8) is 0 Å². The predicted octanol–water partition coefficient (Wildman–Crippen LogP) is -4.51. The highest BCUT2D eigenvalue weighted by Gasteiger charge is 2.40. The van der Waals surface area contributed by atoms with Crippen LogP contribution in [0.4, 0.5) is 22.0 Å². The molecule has 141 heavy (non-hydrogen) atoms. The van der Waals surface area contributed by atoms with Crippen LogP contribution in [0.15, 0.2) is 85.1 Å². The van der Waals surface area contributed by atoms with E-state index in [1.54, 1.807) is 66.7 Å². The molecule has 12 amide bonds. The van der Waals surface area contributed by atoms with Crippen molar-refractivity contribution in [3.8, 4) is 0 Å². The first-order valence-electron chi connectivity index (χ1n) is 45.0. The van der Waals surface area contributed by atoms with Crippen LogP contribution < -0.4 is 125 Å². The molecule has 1 aromatic heterocycles. The van der Waals surface area contributed by atoms with E-state index < -0.39 is 277 Å². The van der Waals surface area contributed by atoms with Gasteiger partial charge < -0.3 is 151 Å². The standard InChI is InChI=1S/C86H122F5N29O17.C2H4O2/c87-64-49(65(88)67(90)68(91)66(64)89)39-60(118-80(135)62(42-122)120-77(132)59(38-47-40-109-51-19-8-7-18-48(47)51)117-79(134)61(41-121)119-70(125)50(92)36-44-25-27-46(28-26-44)69(124)45-16-5-2-6-17-45)78(133)116-58(37-43-14-3-1-4-15-43)76(131)113-54(22-11-33-106-84(98)99)72(127)110-52(20-9-31-104-82(94)95)71(126)111-53(21-10-32-105-83(96)97)73(128)114-56(29-30-63(93)123)75(130)112-55(23-12-34-107-85(100)101)74(129)115-57(81(136)137)24-13-35-108-86(102)103;1-2(3)4/h2,5-8,16-19,25-28,40,43,50,52-62,109,121-122H,1,3-4,9-15,20-24,29-39,41-42,92H2,(H2,93,123)(H,110,127)(H,111,126)(H,112,130)(H,113,131)(H,114,128)(H,115,129)(H,116,133)(H,117,134)(H,118,135)(H,119,125)(H,120,132)(H,136,137)(H4,94,95,104)(H4,96,97,105)(H4,98,99,106)(H4,100,101,107)(H4,102,103,108);1H3,(H,3,4)/t50-,52-,53-,54-,55-,56-,57-,58-,59-,60-,61-,62-;/m1./s1. The number of aliphatic hydroxyl groups excluding tert-OH is 2. The van der Waals surface area contributed by atoms with Gasteiger partial charge in [-0.1, -0.05) is 105 Å². The number of hydrogen-bond acceptors (Lipinski definition) is 23. The van der Waals surface area contributed by atoms with Gasteiger partial charge in [0.1, 0.15) is 66.5 Å². The molecule has 1 aliphatic carbocycles. The Hall–Kier alpha value is -15.5. The summed E-state index contributed by atoms with van der Waals surface area (Å²) in [5.74, 6) is -32.9. The van der Waals surface area contributed by atoms with E-state index in [4.69, 9.17) is 77.1 Å². The summed E-state index contributed by atoms with van der Waals surface area (Å²) in [7, 11) is 0. The molecule has 772 valence electrons. The maximum Gasteiger partial charge on any atom is 0.326 e. The second-order valence-corrected chi connectivity index (χ2v) is 33.1. The van der Waals surface area contributed by atoms with Gasteiger partial charge in [0.25, 0.3) is 5.97 Å². The van der Waals surface area contributed by atoms with Gasteiger partial charge in [-0.2, -0.15) is 0 Å². The number of guanidine groups is 5. The molecule has 1 saturated carbocycles. The molecule has 0 spiro atoms. The normalized spacial score (nSPS) is 14.2. The molecule has 0 saturated heterocycles. The minimum atomic E-state index is -2.64. The second-order valence-electron chi connectivity index (χ2n) is 33.1. The van der Waals surface area contributed by atoms with Crippen molar-refractivity contribution in [2.45, 2.75) is 214 Å². The number of H-pyrrole nitrogens is 1. The van der Waals surface area contributed by atoms with Gasteiger partial charge in [0.2, 0.25) is 76.7 Å². The van der Waals surface area contributed by atoms with E-state index in [-0.39, 0.29) is 103 Å². The Bertz CT molecular complexity index is 5160. The first-order valence-corrected chi connectivity index (χ1v) is 45.0. The number of carbonyl (C=O) groups is 15. The number of nitrogens with one attached hydrogen (secondary N) is 22. The number of carboxylic acids is 2. The Morgan fingerprint density at radius 3 is 1.10 bits per heavy atom. The molecule has 0 radical (unpaired) electrons. The fourth-order valence-electron chi connectivity index (χ4n) is 14.8. The summed E-state index contributed by atoms with van der Waals surface area (Å²) in [5.41, 5.74) is 39.7. The van der Waals surface area contributed by atoms with Crippen molar-refractivity contribution in [1.82, 2.24) is 90.1 Å². The number of para-hydroxylation sites is 1. The third-order valence-corrected chi connectivity index (χ3v) is 22.1. The molecule has 0 aliphatic heterocycles. The number of aromatic nitrogens is 1. The number of carbonyl (C=O) groups excluding carboxylic acids is 13. The van der Waals surface area contributed by atoms with Gasteiger partial charge in [0.15, 0.2) is 58.8 Å². The Morgan fingerprint density at radius 2 is 0.702 bits per heavy atom. The van der Waals surface area contributed by atoms with Gasteiger partial charge in [0, 0.05) is 92.7 Å². The largest absolute Gasteiger partial charge is 0.481 e. The van der Waals surface area contributed by atoms with E-state index in [0.29, 0.717) is 65.3 Å². The molecule has 40 N–H and O–H groups in total.